The molecule has 6 aromatic rings. The second-order valence-electron chi connectivity index (χ2n) is 14.9. The Morgan fingerprint density at radius 3 is 1.66 bits per heavy atom. The van der Waals surface area contributed by atoms with Crippen LogP contribution in [-0.4, -0.2) is 55.3 Å². The molecule has 0 aliphatic carbocycles. The maximum atomic E-state index is 11.9. The fraction of sp³-hybridized carbons (Fsp3) is 0.275. The Morgan fingerprint density at radius 1 is 0.645 bits per heavy atom. The molecule has 0 aromatic heterocycles. The first-order chi connectivity index (χ1) is 30.4. The van der Waals surface area contributed by atoms with Gasteiger partial charge >= 0.3 is 5.97 Å². The highest BCUT2D eigenvalue weighted by Crippen LogP contribution is 2.47. The molecule has 0 saturated carbocycles. The van der Waals surface area contributed by atoms with Gasteiger partial charge in [-0.3, -0.25) is 0 Å². The van der Waals surface area contributed by atoms with Crippen molar-refractivity contribution in [1.29, 1.82) is 0 Å². The SMILES string of the molecule is CCOc1ccc(Cc2cc(C3O[C@H](COCc4ccccc4)[C@@H](OCc4ccccc4)[C@H](OCc4ccccc4)[C@H]3OCc3ccccc3)c(Br)c(OCC(=O)O)c2Cl)cc1. The Bertz CT molecular complexity index is 2280. The van der Waals surface area contributed by atoms with Crippen LogP contribution in [0.1, 0.15) is 52.0 Å². The van der Waals surface area contributed by atoms with Crippen molar-refractivity contribution in [3.05, 3.63) is 200 Å². The Kier molecular flexibility index (Phi) is 16.6. The third-order valence-corrected chi connectivity index (χ3v) is 11.7. The molecule has 0 radical (unpaired) electrons. The number of ether oxygens (including phenoxy) is 7. The summed E-state index contributed by atoms with van der Waals surface area (Å²) in [4.78, 5) is 11.9. The molecule has 0 spiro atoms. The van der Waals surface area contributed by atoms with Gasteiger partial charge in [-0.25, -0.2) is 4.79 Å². The van der Waals surface area contributed by atoms with E-state index in [0.29, 0.717) is 35.2 Å². The van der Waals surface area contributed by atoms with Gasteiger partial charge in [0, 0.05) is 5.56 Å². The quantitative estimate of drug-likeness (QED) is 0.0756. The van der Waals surface area contributed by atoms with E-state index >= 15 is 0 Å². The standard InChI is InChI=1S/C51H50BrClO9/c1-2-57-41-25-23-35(24-26-41)27-40-28-42(45(52)49(46(40)53)61-34-44(54)55)47-50(59-31-38-19-11-5-12-20-38)51(60-32-39-21-13-6-14-22-39)48(58-30-37-17-9-4-10-18-37)43(62-47)33-56-29-36-15-7-3-8-16-36/h3-26,28,43,47-48,50-51H,2,27,29-34H2,1H3,(H,54,55)/t43-,47?,48-,50+,51+/m1/s1. The number of hydrogen-bond donors (Lipinski definition) is 1. The van der Waals surface area contributed by atoms with Crippen LogP contribution in [0.2, 0.25) is 5.02 Å². The smallest absolute Gasteiger partial charge is 0.341 e. The number of halogens is 2. The number of aliphatic carboxylic acids is 1. The normalized spacial score (nSPS) is 18.6. The Balaban J connectivity index is 1.34. The van der Waals surface area contributed by atoms with Crippen LogP contribution >= 0.6 is 27.5 Å². The van der Waals surface area contributed by atoms with E-state index in [9.17, 15) is 9.90 Å². The molecule has 1 aliphatic rings. The van der Waals surface area contributed by atoms with Crippen LogP contribution in [0.4, 0.5) is 0 Å². The molecular weight excluding hydrogens is 872 g/mol. The summed E-state index contributed by atoms with van der Waals surface area (Å²) in [6.07, 6.45) is -3.22. The summed E-state index contributed by atoms with van der Waals surface area (Å²) in [7, 11) is 0. The van der Waals surface area contributed by atoms with Crippen LogP contribution in [0, 0.1) is 0 Å². The minimum absolute atomic E-state index is 0.161. The lowest BCUT2D eigenvalue weighted by Gasteiger charge is -2.46. The first-order valence-corrected chi connectivity index (χ1v) is 21.8. The van der Waals surface area contributed by atoms with Crippen LogP contribution in [0.5, 0.6) is 11.5 Å². The largest absolute Gasteiger partial charge is 0.494 e. The molecule has 11 heteroatoms. The first-order valence-electron chi connectivity index (χ1n) is 20.7. The molecule has 322 valence electrons. The number of carboxylic acids is 1. The summed E-state index contributed by atoms with van der Waals surface area (Å²) in [6.45, 7) is 3.18. The van der Waals surface area contributed by atoms with Crippen LogP contribution < -0.4 is 9.47 Å². The number of benzene rings is 6. The van der Waals surface area contributed by atoms with Crippen LogP contribution in [0.15, 0.2) is 156 Å². The monoisotopic (exact) mass is 920 g/mol. The van der Waals surface area contributed by atoms with Gasteiger partial charge in [0.1, 0.15) is 36.3 Å². The van der Waals surface area contributed by atoms with Crippen molar-refractivity contribution in [2.24, 2.45) is 0 Å². The van der Waals surface area contributed by atoms with Gasteiger partial charge in [-0.15, -0.1) is 0 Å². The minimum atomic E-state index is -1.15. The fourth-order valence-corrected chi connectivity index (χ4v) is 8.45. The van der Waals surface area contributed by atoms with Crippen LogP contribution in [0.3, 0.4) is 0 Å². The molecule has 1 heterocycles. The number of rotatable bonds is 21. The first kappa shape index (κ1) is 45.0. The summed E-state index contributed by atoms with van der Waals surface area (Å²) in [5.74, 6) is -0.212. The maximum Gasteiger partial charge on any atom is 0.341 e. The molecule has 7 rings (SSSR count). The lowest BCUT2D eigenvalue weighted by Crippen LogP contribution is -2.58. The van der Waals surface area contributed by atoms with E-state index in [2.05, 4.69) is 15.9 Å². The van der Waals surface area contributed by atoms with E-state index in [1.165, 1.54) is 0 Å². The van der Waals surface area contributed by atoms with Crippen molar-refractivity contribution >= 4 is 33.5 Å². The van der Waals surface area contributed by atoms with Crippen molar-refractivity contribution in [2.45, 2.75) is 70.3 Å². The number of carboxylic acid groups (broad SMARTS) is 1. The van der Waals surface area contributed by atoms with E-state index in [4.69, 9.17) is 44.8 Å². The zero-order chi connectivity index (χ0) is 43.1. The van der Waals surface area contributed by atoms with Crippen LogP contribution in [-0.2, 0) is 61.3 Å². The topological polar surface area (TPSA) is 102 Å². The van der Waals surface area contributed by atoms with Gasteiger partial charge in [-0.05, 0) is 80.9 Å². The molecule has 9 nitrogen and oxygen atoms in total. The molecule has 1 fully saturated rings. The van der Waals surface area contributed by atoms with Gasteiger partial charge in [-0.2, -0.15) is 0 Å². The summed E-state index contributed by atoms with van der Waals surface area (Å²) < 4.78 is 46.6. The van der Waals surface area contributed by atoms with Gasteiger partial charge in [-0.1, -0.05) is 145 Å². The van der Waals surface area contributed by atoms with Crippen molar-refractivity contribution in [1.82, 2.24) is 0 Å². The molecule has 62 heavy (non-hydrogen) atoms. The summed E-state index contributed by atoms with van der Waals surface area (Å²) in [5.41, 5.74) is 6.23. The molecule has 0 bridgehead atoms. The Labute approximate surface area is 376 Å². The molecule has 0 amide bonds. The van der Waals surface area contributed by atoms with Crippen LogP contribution in [0.25, 0.3) is 0 Å². The van der Waals surface area contributed by atoms with Gasteiger partial charge < -0.3 is 38.3 Å². The van der Waals surface area contributed by atoms with Crippen molar-refractivity contribution in [3.63, 3.8) is 0 Å². The highest BCUT2D eigenvalue weighted by atomic mass is 79.9. The zero-order valence-corrected chi connectivity index (χ0v) is 36.8. The second-order valence-corrected chi connectivity index (χ2v) is 16.1. The number of hydrogen-bond acceptors (Lipinski definition) is 8. The lowest BCUT2D eigenvalue weighted by molar-refractivity contribution is -0.275. The fourth-order valence-electron chi connectivity index (χ4n) is 7.41. The molecule has 1 aliphatic heterocycles. The van der Waals surface area contributed by atoms with E-state index in [1.807, 2.05) is 159 Å². The zero-order valence-electron chi connectivity index (χ0n) is 34.4. The third-order valence-electron chi connectivity index (χ3n) is 10.4. The van der Waals surface area contributed by atoms with E-state index < -0.39 is 43.1 Å². The van der Waals surface area contributed by atoms with Gasteiger partial charge in [0.2, 0.25) is 0 Å². The second kappa shape index (κ2) is 22.9. The highest BCUT2D eigenvalue weighted by Gasteiger charge is 2.50. The predicted octanol–water partition coefficient (Wildman–Crippen LogP) is 11.0. The molecule has 1 saturated heterocycles. The number of carbonyl (C=O) groups is 1. The summed E-state index contributed by atoms with van der Waals surface area (Å²) in [6, 6.07) is 49.6. The summed E-state index contributed by atoms with van der Waals surface area (Å²) >= 11 is 10.9. The van der Waals surface area contributed by atoms with Gasteiger partial charge in [0.15, 0.2) is 12.4 Å². The summed E-state index contributed by atoms with van der Waals surface area (Å²) in [5, 5.41) is 10.0. The third kappa shape index (κ3) is 12.3. The van der Waals surface area contributed by atoms with Crippen molar-refractivity contribution < 1.29 is 43.1 Å². The molecule has 6 aromatic carbocycles. The van der Waals surface area contributed by atoms with Gasteiger partial charge in [0.05, 0.1) is 49.1 Å². The van der Waals surface area contributed by atoms with Crippen molar-refractivity contribution in [3.8, 4) is 11.5 Å². The molecule has 1 N–H and O–H groups in total. The average Bonchev–Trinajstić information content (AvgIpc) is 3.30. The van der Waals surface area contributed by atoms with E-state index in [-0.39, 0.29) is 37.2 Å². The predicted molar refractivity (Wildman–Crippen MR) is 241 cm³/mol. The molecular formula is C51H50BrClO9. The lowest BCUT2D eigenvalue weighted by atomic mass is 9.89. The van der Waals surface area contributed by atoms with Gasteiger partial charge in [0.25, 0.3) is 0 Å². The van der Waals surface area contributed by atoms with Crippen molar-refractivity contribution in [2.75, 3.05) is 19.8 Å². The Hall–Kier alpha value is -5.04. The van der Waals surface area contributed by atoms with E-state index in [1.54, 1.807) is 0 Å². The maximum absolute atomic E-state index is 11.9. The average molecular weight is 922 g/mol. The highest BCUT2D eigenvalue weighted by molar-refractivity contribution is 9.10. The Morgan fingerprint density at radius 2 is 1.15 bits per heavy atom. The van der Waals surface area contributed by atoms with E-state index in [0.717, 1.165) is 33.6 Å². The molecule has 5 atom stereocenters. The molecule has 1 unspecified atom stereocenters. The minimum Gasteiger partial charge on any atom is -0.494 e.